The van der Waals surface area contributed by atoms with Crippen molar-refractivity contribution < 1.29 is 71.3 Å². The van der Waals surface area contributed by atoms with E-state index < -0.39 is 35.5 Å². The highest BCUT2D eigenvalue weighted by molar-refractivity contribution is 5.94. The van der Waals surface area contributed by atoms with Crippen LogP contribution < -0.4 is 36.3 Å². The SMILES string of the molecule is O=C(NCCOCCOCCOCCOCCOCCNc1cccc2c1ON(C1CCONO1)O2)c1nc2ccc(N3CCC(O)(C(=O)NCc4cc(F)cc(F)c4)O3)cc2[nH]1. The largest absolute Gasteiger partial charge is 0.380 e. The van der Waals surface area contributed by atoms with Crippen molar-refractivity contribution >= 4 is 34.2 Å². The number of para-hydroxylation sites is 1. The lowest BCUT2D eigenvalue weighted by atomic mass is 10.1. The van der Waals surface area contributed by atoms with Crippen LogP contribution in [-0.4, -0.2) is 136 Å². The van der Waals surface area contributed by atoms with Gasteiger partial charge in [-0.1, -0.05) is 11.7 Å². The van der Waals surface area contributed by atoms with E-state index in [1.54, 1.807) is 18.2 Å². The molecule has 2 fully saturated rings. The van der Waals surface area contributed by atoms with E-state index in [1.165, 1.54) is 10.3 Å². The Balaban J connectivity index is 0.664. The smallest absolute Gasteiger partial charge is 0.287 e. The Hall–Kier alpha value is -5.31. The summed E-state index contributed by atoms with van der Waals surface area (Å²) in [6, 6.07) is 13.5. The molecule has 2 saturated heterocycles. The second-order valence-corrected chi connectivity index (χ2v) is 14.1. The molecule has 4 heterocycles. The van der Waals surface area contributed by atoms with Crippen LogP contribution in [0.4, 0.5) is 20.2 Å². The predicted molar refractivity (Wildman–Crippen MR) is 215 cm³/mol. The fraction of sp³-hybridized carbons (Fsp3) is 0.475. The Bertz CT molecular complexity index is 2100. The molecule has 21 nitrogen and oxygen atoms in total. The van der Waals surface area contributed by atoms with E-state index in [0.717, 1.165) is 23.9 Å². The van der Waals surface area contributed by atoms with Gasteiger partial charge < -0.3 is 59.4 Å². The maximum atomic E-state index is 13.5. The van der Waals surface area contributed by atoms with Crippen LogP contribution in [0.3, 0.4) is 0 Å². The molecular formula is C40H50F2N8O13. The minimum Gasteiger partial charge on any atom is -0.380 e. The molecule has 2 unspecified atom stereocenters. The second kappa shape index (κ2) is 22.9. The van der Waals surface area contributed by atoms with Crippen molar-refractivity contribution in [3.63, 3.8) is 0 Å². The number of anilines is 2. The number of aliphatic hydroxyl groups is 1. The summed E-state index contributed by atoms with van der Waals surface area (Å²) in [5.41, 5.74) is 4.87. The third-order valence-electron chi connectivity index (χ3n) is 9.49. The Morgan fingerprint density at radius 2 is 1.56 bits per heavy atom. The van der Waals surface area contributed by atoms with E-state index in [0.29, 0.717) is 107 Å². The van der Waals surface area contributed by atoms with E-state index in [1.807, 2.05) is 18.2 Å². The number of carbonyl (C=O) groups is 2. The number of halogens is 2. The van der Waals surface area contributed by atoms with Gasteiger partial charge in [-0.25, -0.2) is 18.6 Å². The van der Waals surface area contributed by atoms with Gasteiger partial charge in [0.15, 0.2) is 11.6 Å². The normalized spacial score (nSPS) is 18.6. The maximum Gasteiger partial charge on any atom is 0.287 e. The van der Waals surface area contributed by atoms with E-state index in [2.05, 4.69) is 31.6 Å². The molecule has 63 heavy (non-hydrogen) atoms. The number of ether oxygens (including phenoxy) is 5. The van der Waals surface area contributed by atoms with Gasteiger partial charge in [-0.15, -0.1) is 0 Å². The summed E-state index contributed by atoms with van der Waals surface area (Å²) in [7, 11) is 0. The van der Waals surface area contributed by atoms with Crippen LogP contribution in [-0.2, 0) is 49.5 Å². The van der Waals surface area contributed by atoms with Gasteiger partial charge in [0.1, 0.15) is 11.6 Å². The topological polar surface area (TPSA) is 230 Å². The molecule has 3 aliphatic rings. The Kier molecular flexibility index (Phi) is 16.6. The predicted octanol–water partition coefficient (Wildman–Crippen LogP) is 2.00. The summed E-state index contributed by atoms with van der Waals surface area (Å²) < 4.78 is 54.8. The number of aromatic amines is 1. The summed E-state index contributed by atoms with van der Waals surface area (Å²) >= 11 is 0. The number of nitrogens with one attached hydrogen (secondary N) is 5. The van der Waals surface area contributed by atoms with Gasteiger partial charge in [-0.2, -0.15) is 0 Å². The molecular weight excluding hydrogens is 838 g/mol. The molecule has 4 aromatic rings. The lowest BCUT2D eigenvalue weighted by Gasteiger charge is -2.26. The number of amides is 2. The monoisotopic (exact) mass is 888 g/mol. The van der Waals surface area contributed by atoms with E-state index in [-0.39, 0.29) is 44.0 Å². The average molecular weight is 889 g/mol. The van der Waals surface area contributed by atoms with Crippen LogP contribution in [0.5, 0.6) is 11.5 Å². The number of nitrogens with zero attached hydrogens (tertiary/aromatic N) is 3. The molecule has 6 N–H and O–H groups in total. The van der Waals surface area contributed by atoms with Gasteiger partial charge in [0.2, 0.25) is 12.0 Å². The second-order valence-electron chi connectivity index (χ2n) is 14.1. The maximum absolute atomic E-state index is 13.5. The highest BCUT2D eigenvalue weighted by Crippen LogP contribution is 2.41. The molecule has 342 valence electrons. The first-order valence-corrected chi connectivity index (χ1v) is 20.4. The fourth-order valence-corrected chi connectivity index (χ4v) is 6.36. The van der Waals surface area contributed by atoms with Crippen molar-refractivity contribution in [3.8, 4) is 11.5 Å². The molecule has 1 aromatic heterocycles. The third-order valence-corrected chi connectivity index (χ3v) is 9.49. The van der Waals surface area contributed by atoms with Gasteiger partial charge in [0.05, 0.1) is 107 Å². The molecule has 0 aliphatic carbocycles. The number of rotatable bonds is 25. The van der Waals surface area contributed by atoms with Crippen LogP contribution in [0, 0.1) is 11.6 Å². The Morgan fingerprint density at radius 1 is 0.857 bits per heavy atom. The van der Waals surface area contributed by atoms with E-state index in [4.69, 9.17) is 47.9 Å². The zero-order valence-corrected chi connectivity index (χ0v) is 34.2. The zero-order chi connectivity index (χ0) is 43.9. The van der Waals surface area contributed by atoms with Gasteiger partial charge in [-0.05, 0) is 48.0 Å². The molecule has 7 rings (SSSR count). The van der Waals surface area contributed by atoms with Gasteiger partial charge in [0, 0.05) is 38.5 Å². The van der Waals surface area contributed by atoms with Gasteiger partial charge in [0.25, 0.3) is 17.6 Å². The molecule has 0 radical (unpaired) electrons. The number of hydroxylamine groups is 3. The quantitative estimate of drug-likeness (QED) is 0.0523. The summed E-state index contributed by atoms with van der Waals surface area (Å²) in [6.07, 6.45) is 0.0532. The van der Waals surface area contributed by atoms with Crippen LogP contribution in [0.2, 0.25) is 0 Å². The number of imidazole rings is 1. The first-order valence-electron chi connectivity index (χ1n) is 20.4. The molecule has 0 bridgehead atoms. The van der Waals surface area contributed by atoms with Crippen molar-refractivity contribution in [3.05, 3.63) is 77.6 Å². The van der Waals surface area contributed by atoms with Gasteiger partial charge in [-0.3, -0.25) is 24.3 Å². The number of aromatic nitrogens is 2. The Morgan fingerprint density at radius 3 is 2.25 bits per heavy atom. The Labute approximate surface area is 359 Å². The van der Waals surface area contributed by atoms with Crippen molar-refractivity contribution in [1.82, 2.24) is 31.5 Å². The molecule has 2 amide bonds. The number of fused-ring (bicyclic) bond motifs is 2. The molecule has 3 aliphatic heterocycles. The van der Waals surface area contributed by atoms with Crippen LogP contribution >= 0.6 is 0 Å². The minimum atomic E-state index is -2.19. The summed E-state index contributed by atoms with van der Waals surface area (Å²) in [5.74, 6) is -3.80. The summed E-state index contributed by atoms with van der Waals surface area (Å²) in [6.45, 7) is 5.17. The molecule has 0 saturated carbocycles. The highest BCUT2D eigenvalue weighted by atomic mass is 19.1. The third kappa shape index (κ3) is 13.1. The number of hydrogen-bond donors (Lipinski definition) is 6. The average Bonchev–Trinajstić information content (AvgIpc) is 4.04. The zero-order valence-electron chi connectivity index (χ0n) is 34.2. The standard InChI is InChI=1S/C40H50F2N8O13/c41-28-22-27(23-29(42)24-28)26-45-39(52)40(53)7-10-49(63-40)30-4-5-31-33(25-30)47-37(46-31)38(51)44-9-13-55-15-17-57-19-21-58-20-18-56-16-14-54-12-8-43-32-2-1-3-34-36(32)62-50(61-34)35-6-11-59-48-60-35/h1-5,22-25,35,43,48,53H,6-21,26H2,(H,44,51)(H,45,52)(H,46,47). The molecule has 2 atom stereocenters. The first kappa shape index (κ1) is 45.7. The highest BCUT2D eigenvalue weighted by Gasteiger charge is 2.45. The lowest BCUT2D eigenvalue weighted by Crippen LogP contribution is -2.47. The van der Waals surface area contributed by atoms with Crippen LogP contribution in [0.1, 0.15) is 29.0 Å². The summed E-state index contributed by atoms with van der Waals surface area (Å²) in [4.78, 5) is 60.1. The van der Waals surface area contributed by atoms with Gasteiger partial charge >= 0.3 is 0 Å². The first-order chi connectivity index (χ1) is 30.7. The van der Waals surface area contributed by atoms with Crippen molar-refractivity contribution in [2.45, 2.75) is 31.4 Å². The van der Waals surface area contributed by atoms with E-state index in [9.17, 15) is 23.5 Å². The molecule has 3 aromatic carbocycles. The lowest BCUT2D eigenvalue weighted by molar-refractivity contribution is -0.376. The number of H-pyrrole nitrogens is 1. The minimum absolute atomic E-state index is 0.0672. The van der Waals surface area contributed by atoms with Crippen molar-refractivity contribution in [2.75, 3.05) is 103 Å². The van der Waals surface area contributed by atoms with Crippen molar-refractivity contribution in [2.24, 2.45) is 0 Å². The fourth-order valence-electron chi connectivity index (χ4n) is 6.36. The van der Waals surface area contributed by atoms with Crippen LogP contribution in [0.15, 0.2) is 54.6 Å². The number of carbonyl (C=O) groups excluding carboxylic acids is 2. The van der Waals surface area contributed by atoms with Crippen molar-refractivity contribution in [1.29, 1.82) is 0 Å². The molecule has 0 spiro atoms. The van der Waals surface area contributed by atoms with Crippen LogP contribution in [0.25, 0.3) is 11.0 Å². The number of hydrogen-bond acceptors (Lipinski definition) is 18. The van der Waals surface area contributed by atoms with E-state index >= 15 is 0 Å². The molecule has 23 heteroatoms. The summed E-state index contributed by atoms with van der Waals surface area (Å²) in [5, 5.41) is 22.0. The number of benzene rings is 3.